The first kappa shape index (κ1) is 28.0. The molecule has 0 saturated heterocycles. The summed E-state index contributed by atoms with van der Waals surface area (Å²) in [7, 11) is -14.2. The summed E-state index contributed by atoms with van der Waals surface area (Å²) in [5, 5.41) is -4.58. The average molecular weight is 516 g/mol. The molecule has 0 amide bonds. The normalized spacial score (nSPS) is 14.2. The number of hydrogen-bond donors (Lipinski definition) is 2. The van der Waals surface area contributed by atoms with Gasteiger partial charge in [0.1, 0.15) is 5.75 Å². The molecule has 0 unspecified atom stereocenters. The monoisotopic (exact) mass is 516 g/mol. The summed E-state index contributed by atoms with van der Waals surface area (Å²) in [6, 6.07) is 1.62. The Balaban J connectivity index is 3.82. The van der Waals surface area contributed by atoms with E-state index in [0.717, 1.165) is 12.1 Å². The fourth-order valence-electron chi connectivity index (χ4n) is 2.40. The van der Waals surface area contributed by atoms with Gasteiger partial charge < -0.3 is 9.29 Å². The Kier molecular flexibility index (Phi) is 7.31. The first-order chi connectivity index (χ1) is 14.0. The molecule has 184 valence electrons. The molecule has 0 radical (unpaired) electrons. The van der Waals surface area contributed by atoms with E-state index >= 15 is 0 Å². The lowest BCUT2D eigenvalue weighted by molar-refractivity contribution is -0.247. The van der Waals surface area contributed by atoms with E-state index in [1.165, 1.54) is 27.7 Å². The fraction of sp³-hybridized carbons (Fsp3) is 0.562. The van der Waals surface area contributed by atoms with Gasteiger partial charge >= 0.3 is 42.6 Å². The van der Waals surface area contributed by atoms with Crippen molar-refractivity contribution in [3.63, 3.8) is 0 Å². The SMILES string of the molecule is CC(C)c1cc(C(=O)O)cc(C(C)C)c1OS(=O)(=O)C(F)(F)C(F)(F)C(F)(F)S(=O)(=O)O. The summed E-state index contributed by atoms with van der Waals surface area (Å²) < 4.78 is 140. The second-order valence-electron chi connectivity index (χ2n) is 7.22. The van der Waals surface area contributed by atoms with Crippen LogP contribution in [-0.4, -0.2) is 48.9 Å². The van der Waals surface area contributed by atoms with Gasteiger partial charge in [-0.05, 0) is 35.1 Å². The van der Waals surface area contributed by atoms with Crippen LogP contribution in [0.2, 0.25) is 0 Å². The molecule has 0 aliphatic heterocycles. The van der Waals surface area contributed by atoms with E-state index in [0.29, 0.717) is 0 Å². The van der Waals surface area contributed by atoms with Crippen LogP contribution in [0.3, 0.4) is 0 Å². The second kappa shape index (κ2) is 8.37. The largest absolute Gasteiger partial charge is 0.478 e. The average Bonchev–Trinajstić information content (AvgIpc) is 2.59. The molecule has 2 N–H and O–H groups in total. The lowest BCUT2D eigenvalue weighted by Crippen LogP contribution is -2.61. The first-order valence-electron chi connectivity index (χ1n) is 8.48. The van der Waals surface area contributed by atoms with Crippen LogP contribution in [0.25, 0.3) is 0 Å². The van der Waals surface area contributed by atoms with Crippen LogP contribution in [0.5, 0.6) is 5.75 Å². The van der Waals surface area contributed by atoms with Gasteiger partial charge in [-0.15, -0.1) is 0 Å². The highest BCUT2D eigenvalue weighted by Crippen LogP contribution is 2.51. The summed E-state index contributed by atoms with van der Waals surface area (Å²) in [4.78, 5) is 11.3. The number of halogens is 6. The van der Waals surface area contributed by atoms with Gasteiger partial charge in [-0.1, -0.05) is 27.7 Å². The zero-order valence-electron chi connectivity index (χ0n) is 16.7. The minimum atomic E-state index is -7.18. The van der Waals surface area contributed by atoms with Crippen molar-refractivity contribution in [3.8, 4) is 5.75 Å². The van der Waals surface area contributed by atoms with Crippen molar-refractivity contribution in [2.24, 2.45) is 0 Å². The van der Waals surface area contributed by atoms with Crippen LogP contribution in [-0.2, 0) is 20.2 Å². The Morgan fingerprint density at radius 3 is 1.53 bits per heavy atom. The molecular formula is C16H18F6O8S2. The minimum Gasteiger partial charge on any atom is -0.478 e. The predicted molar refractivity (Wildman–Crippen MR) is 97.5 cm³/mol. The van der Waals surface area contributed by atoms with Crippen LogP contribution in [0.4, 0.5) is 26.3 Å². The molecule has 1 rings (SSSR count). The molecule has 0 bridgehead atoms. The molecule has 0 saturated carbocycles. The van der Waals surface area contributed by atoms with Crippen molar-refractivity contribution in [3.05, 3.63) is 28.8 Å². The lowest BCUT2D eigenvalue weighted by Gasteiger charge is -2.30. The molecule has 8 nitrogen and oxygen atoms in total. The van der Waals surface area contributed by atoms with Crippen LogP contribution >= 0.6 is 0 Å². The van der Waals surface area contributed by atoms with E-state index in [1.54, 1.807) is 0 Å². The van der Waals surface area contributed by atoms with E-state index < -0.39 is 65.8 Å². The Hall–Kier alpha value is -2.07. The summed E-state index contributed by atoms with van der Waals surface area (Å²) in [6.07, 6.45) is 0. The summed E-state index contributed by atoms with van der Waals surface area (Å²) in [6.45, 7) is 5.35. The van der Waals surface area contributed by atoms with Crippen molar-refractivity contribution < 1.29 is 61.8 Å². The molecule has 1 aromatic carbocycles. The maximum atomic E-state index is 14.2. The maximum Gasteiger partial charge on any atom is 0.450 e. The molecule has 32 heavy (non-hydrogen) atoms. The molecule has 0 spiro atoms. The lowest BCUT2D eigenvalue weighted by atomic mass is 9.91. The van der Waals surface area contributed by atoms with Gasteiger partial charge in [-0.25, -0.2) is 4.79 Å². The van der Waals surface area contributed by atoms with Crippen molar-refractivity contribution in [1.82, 2.24) is 0 Å². The quantitative estimate of drug-likeness (QED) is 0.285. The highest BCUT2D eigenvalue weighted by molar-refractivity contribution is 7.88. The number of benzene rings is 1. The minimum absolute atomic E-state index is 0.349. The summed E-state index contributed by atoms with van der Waals surface area (Å²) >= 11 is 0. The van der Waals surface area contributed by atoms with Crippen molar-refractivity contribution in [2.45, 2.75) is 56.0 Å². The number of alkyl halides is 6. The third-order valence-corrected chi connectivity index (χ3v) is 6.37. The van der Waals surface area contributed by atoms with Gasteiger partial charge in [-0.3, -0.25) is 4.55 Å². The number of carbonyl (C=O) groups is 1. The molecule has 0 atom stereocenters. The molecule has 0 heterocycles. The summed E-state index contributed by atoms with van der Waals surface area (Å²) in [5.41, 5.74) is -1.13. The molecule has 1 aromatic rings. The van der Waals surface area contributed by atoms with Crippen LogP contribution in [0.15, 0.2) is 12.1 Å². The predicted octanol–water partition coefficient (Wildman–Crippen LogP) is 4.05. The van der Waals surface area contributed by atoms with E-state index in [2.05, 4.69) is 4.18 Å². The third kappa shape index (κ3) is 4.52. The van der Waals surface area contributed by atoms with Gasteiger partial charge in [-0.2, -0.15) is 43.2 Å². The Morgan fingerprint density at radius 1 is 0.875 bits per heavy atom. The van der Waals surface area contributed by atoms with Crippen molar-refractivity contribution >= 4 is 26.2 Å². The van der Waals surface area contributed by atoms with E-state index in [9.17, 15) is 53.1 Å². The van der Waals surface area contributed by atoms with E-state index in [1.807, 2.05) is 0 Å². The zero-order valence-corrected chi connectivity index (χ0v) is 18.4. The third-order valence-electron chi connectivity index (χ3n) is 4.20. The summed E-state index contributed by atoms with van der Waals surface area (Å²) in [5.74, 6) is -11.3. The Labute approximate surface area is 179 Å². The number of hydrogen-bond acceptors (Lipinski definition) is 6. The number of rotatable bonds is 9. The Morgan fingerprint density at radius 2 is 1.25 bits per heavy atom. The van der Waals surface area contributed by atoms with Gasteiger partial charge in [0.15, 0.2) is 0 Å². The molecule has 0 fully saturated rings. The fourth-order valence-corrected chi connectivity index (χ4v) is 3.88. The first-order valence-corrected chi connectivity index (χ1v) is 11.3. The van der Waals surface area contributed by atoms with E-state index in [4.69, 9.17) is 4.55 Å². The van der Waals surface area contributed by atoms with Crippen LogP contribution in [0.1, 0.15) is 61.0 Å². The standard InChI is InChI=1S/C16H18F6O8S2/c1-7(2)10-5-9(13(23)24)6-11(8(3)4)12(10)30-32(28,29)16(21,22)14(17,18)15(19,20)31(25,26)27/h5-8H,1-4H3,(H,23,24)(H,25,26,27). The molecule has 0 aromatic heterocycles. The Bertz CT molecular complexity index is 1080. The van der Waals surface area contributed by atoms with Crippen molar-refractivity contribution in [2.75, 3.05) is 0 Å². The highest BCUT2D eigenvalue weighted by atomic mass is 32.2. The number of carboxylic acid groups (broad SMARTS) is 1. The molecule has 0 aliphatic carbocycles. The smallest absolute Gasteiger partial charge is 0.450 e. The van der Waals surface area contributed by atoms with E-state index in [-0.39, 0.29) is 11.1 Å². The van der Waals surface area contributed by atoms with Gasteiger partial charge in [0.2, 0.25) is 0 Å². The topological polar surface area (TPSA) is 135 Å². The number of aromatic carboxylic acids is 1. The maximum absolute atomic E-state index is 14.2. The van der Waals surface area contributed by atoms with Crippen molar-refractivity contribution in [1.29, 1.82) is 0 Å². The molecule has 16 heteroatoms. The second-order valence-corrected chi connectivity index (χ2v) is 10.3. The highest BCUT2D eigenvalue weighted by Gasteiger charge is 2.83. The van der Waals surface area contributed by atoms with Gasteiger partial charge in [0.05, 0.1) is 5.56 Å². The number of carboxylic acids is 1. The van der Waals surface area contributed by atoms with Crippen LogP contribution in [0, 0.1) is 0 Å². The zero-order chi connectivity index (χ0) is 25.7. The van der Waals surface area contributed by atoms with Crippen LogP contribution < -0.4 is 4.18 Å². The molecular weight excluding hydrogens is 498 g/mol. The molecule has 0 aliphatic rings. The van der Waals surface area contributed by atoms with Gasteiger partial charge in [0, 0.05) is 0 Å². The van der Waals surface area contributed by atoms with Gasteiger partial charge in [0.25, 0.3) is 0 Å².